The molecule has 0 atom stereocenters. The van der Waals surface area contributed by atoms with Crippen molar-refractivity contribution in [3.8, 4) is 0 Å². The standard InChI is InChI=1S/C13H29NSi/c1-6-10-14(8-3)11-9-13-15(4,5)12-7-2/h9,11H,6-8,10,12-13H2,1-5H3. The Balaban J connectivity index is 3.94. The molecule has 0 saturated heterocycles. The summed E-state index contributed by atoms with van der Waals surface area (Å²) in [6.45, 7) is 14.1. The molecular weight excluding hydrogens is 198 g/mol. The van der Waals surface area contributed by atoms with Crippen LogP contribution in [0.1, 0.15) is 33.6 Å². The summed E-state index contributed by atoms with van der Waals surface area (Å²) in [6, 6.07) is 2.79. The van der Waals surface area contributed by atoms with Gasteiger partial charge in [-0.2, -0.15) is 0 Å². The topological polar surface area (TPSA) is 3.24 Å². The molecule has 0 rings (SSSR count). The van der Waals surface area contributed by atoms with Crippen molar-refractivity contribution in [1.82, 2.24) is 4.90 Å². The third-order valence-corrected chi connectivity index (χ3v) is 6.02. The lowest BCUT2D eigenvalue weighted by atomic mass is 10.4. The monoisotopic (exact) mass is 227 g/mol. The lowest BCUT2D eigenvalue weighted by Gasteiger charge is -2.21. The Morgan fingerprint density at radius 3 is 2.20 bits per heavy atom. The molecule has 0 aliphatic rings. The summed E-state index contributed by atoms with van der Waals surface area (Å²) in [5.41, 5.74) is 0. The van der Waals surface area contributed by atoms with Crippen molar-refractivity contribution in [3.63, 3.8) is 0 Å². The molecule has 2 heteroatoms. The Morgan fingerprint density at radius 1 is 1.07 bits per heavy atom. The smallest absolute Gasteiger partial charge is 0.0511 e. The summed E-state index contributed by atoms with van der Waals surface area (Å²) >= 11 is 0. The number of rotatable bonds is 8. The zero-order valence-electron chi connectivity index (χ0n) is 11.3. The zero-order chi connectivity index (χ0) is 11.7. The van der Waals surface area contributed by atoms with Crippen LogP contribution in [0.25, 0.3) is 0 Å². The molecule has 0 spiro atoms. The quantitative estimate of drug-likeness (QED) is 0.557. The highest BCUT2D eigenvalue weighted by atomic mass is 28.3. The summed E-state index contributed by atoms with van der Waals surface area (Å²) in [7, 11) is -0.919. The van der Waals surface area contributed by atoms with Gasteiger partial charge < -0.3 is 4.90 Å². The first-order valence-corrected chi connectivity index (χ1v) is 9.87. The van der Waals surface area contributed by atoms with Crippen LogP contribution in [-0.4, -0.2) is 26.1 Å². The van der Waals surface area contributed by atoms with Crippen molar-refractivity contribution < 1.29 is 0 Å². The van der Waals surface area contributed by atoms with Crippen LogP contribution in [-0.2, 0) is 0 Å². The number of allylic oxidation sites excluding steroid dienone is 1. The second kappa shape index (κ2) is 7.97. The number of hydrogen-bond acceptors (Lipinski definition) is 1. The van der Waals surface area contributed by atoms with Crippen molar-refractivity contribution in [2.45, 2.75) is 58.8 Å². The van der Waals surface area contributed by atoms with Crippen LogP contribution in [0.15, 0.2) is 12.3 Å². The van der Waals surface area contributed by atoms with Crippen molar-refractivity contribution in [2.75, 3.05) is 13.1 Å². The highest BCUT2D eigenvalue weighted by Gasteiger charge is 2.16. The van der Waals surface area contributed by atoms with Gasteiger partial charge in [0.15, 0.2) is 0 Å². The molecule has 0 fully saturated rings. The molecule has 0 radical (unpaired) electrons. The van der Waals surface area contributed by atoms with E-state index in [-0.39, 0.29) is 0 Å². The second-order valence-corrected chi connectivity index (χ2v) is 10.4. The maximum Gasteiger partial charge on any atom is 0.0511 e. The third-order valence-electron chi connectivity index (χ3n) is 2.83. The average molecular weight is 227 g/mol. The first-order chi connectivity index (χ1) is 7.05. The Morgan fingerprint density at radius 2 is 1.73 bits per heavy atom. The maximum atomic E-state index is 2.50. The normalized spacial score (nSPS) is 12.3. The van der Waals surface area contributed by atoms with E-state index in [0.29, 0.717) is 0 Å². The van der Waals surface area contributed by atoms with Crippen LogP contribution >= 0.6 is 0 Å². The van der Waals surface area contributed by atoms with Gasteiger partial charge in [0, 0.05) is 13.1 Å². The molecule has 1 nitrogen and oxygen atoms in total. The molecule has 0 unspecified atom stereocenters. The largest absolute Gasteiger partial charge is 0.378 e. The fraction of sp³-hybridized carbons (Fsp3) is 0.846. The van der Waals surface area contributed by atoms with Crippen LogP contribution in [0.5, 0.6) is 0 Å². The third kappa shape index (κ3) is 7.66. The van der Waals surface area contributed by atoms with E-state index in [4.69, 9.17) is 0 Å². The summed E-state index contributed by atoms with van der Waals surface area (Å²) in [4.78, 5) is 2.41. The molecule has 0 amide bonds. The van der Waals surface area contributed by atoms with Gasteiger partial charge in [0.05, 0.1) is 8.07 Å². The van der Waals surface area contributed by atoms with Crippen LogP contribution in [0.3, 0.4) is 0 Å². The van der Waals surface area contributed by atoms with E-state index in [2.05, 4.69) is 51.0 Å². The van der Waals surface area contributed by atoms with Gasteiger partial charge in [-0.25, -0.2) is 0 Å². The maximum absolute atomic E-state index is 2.50. The molecular formula is C13H29NSi. The molecule has 0 saturated carbocycles. The average Bonchev–Trinajstić information content (AvgIpc) is 2.16. The van der Waals surface area contributed by atoms with E-state index < -0.39 is 8.07 Å². The first-order valence-electron chi connectivity index (χ1n) is 6.46. The number of hydrogen-bond donors (Lipinski definition) is 0. The Bertz CT molecular complexity index is 175. The van der Waals surface area contributed by atoms with Crippen LogP contribution in [0, 0.1) is 0 Å². The van der Waals surface area contributed by atoms with Gasteiger partial charge in [-0.15, -0.1) is 0 Å². The minimum Gasteiger partial charge on any atom is -0.378 e. The van der Waals surface area contributed by atoms with Crippen molar-refractivity contribution in [2.24, 2.45) is 0 Å². The van der Waals surface area contributed by atoms with Crippen molar-refractivity contribution >= 4 is 8.07 Å². The van der Waals surface area contributed by atoms with Gasteiger partial charge in [-0.1, -0.05) is 45.5 Å². The molecule has 0 heterocycles. The SMILES string of the molecule is CCCN(C=CC[Si](C)(C)CCC)CC. The summed E-state index contributed by atoms with van der Waals surface area (Å²) in [6.07, 6.45) is 7.31. The minimum absolute atomic E-state index is 0.919. The van der Waals surface area contributed by atoms with Gasteiger partial charge in [0.2, 0.25) is 0 Å². The van der Waals surface area contributed by atoms with Gasteiger partial charge in [-0.05, 0) is 25.6 Å². The fourth-order valence-corrected chi connectivity index (χ4v) is 4.23. The molecule has 0 bridgehead atoms. The van der Waals surface area contributed by atoms with Crippen LogP contribution in [0.4, 0.5) is 0 Å². The molecule has 0 aromatic rings. The minimum atomic E-state index is -0.919. The number of nitrogens with zero attached hydrogens (tertiary/aromatic N) is 1. The predicted molar refractivity (Wildman–Crippen MR) is 74.1 cm³/mol. The Hall–Kier alpha value is -0.243. The Kier molecular flexibility index (Phi) is 7.84. The van der Waals surface area contributed by atoms with Crippen molar-refractivity contribution in [1.29, 1.82) is 0 Å². The highest BCUT2D eigenvalue weighted by Crippen LogP contribution is 2.17. The van der Waals surface area contributed by atoms with Gasteiger partial charge in [0.1, 0.15) is 0 Å². The lowest BCUT2D eigenvalue weighted by molar-refractivity contribution is 0.395. The van der Waals surface area contributed by atoms with Gasteiger partial charge in [-0.3, -0.25) is 0 Å². The fourth-order valence-electron chi connectivity index (χ4n) is 1.92. The summed E-state index contributed by atoms with van der Waals surface area (Å²) in [5, 5.41) is 0. The van der Waals surface area contributed by atoms with E-state index in [9.17, 15) is 0 Å². The van der Waals surface area contributed by atoms with Crippen molar-refractivity contribution in [3.05, 3.63) is 12.3 Å². The van der Waals surface area contributed by atoms with E-state index >= 15 is 0 Å². The van der Waals surface area contributed by atoms with E-state index in [0.717, 1.165) is 6.54 Å². The molecule has 0 aromatic heterocycles. The summed E-state index contributed by atoms with van der Waals surface area (Å²) < 4.78 is 0. The Labute approximate surface area is 97.6 Å². The molecule has 15 heavy (non-hydrogen) atoms. The van der Waals surface area contributed by atoms with E-state index in [1.54, 1.807) is 0 Å². The predicted octanol–water partition coefficient (Wildman–Crippen LogP) is 4.35. The lowest BCUT2D eigenvalue weighted by Crippen LogP contribution is -2.24. The molecule has 90 valence electrons. The summed E-state index contributed by atoms with van der Waals surface area (Å²) in [5.74, 6) is 0. The molecule has 0 N–H and O–H groups in total. The zero-order valence-corrected chi connectivity index (χ0v) is 12.3. The first kappa shape index (κ1) is 14.8. The van der Waals surface area contributed by atoms with Crippen LogP contribution in [0.2, 0.25) is 25.2 Å². The molecule has 0 aliphatic heterocycles. The van der Waals surface area contributed by atoms with Crippen LogP contribution < -0.4 is 0 Å². The molecule has 0 aromatic carbocycles. The van der Waals surface area contributed by atoms with Gasteiger partial charge in [0.25, 0.3) is 0 Å². The van der Waals surface area contributed by atoms with E-state index in [1.807, 2.05) is 0 Å². The second-order valence-electron chi connectivity index (χ2n) is 5.13. The highest BCUT2D eigenvalue weighted by molar-refractivity contribution is 6.77. The molecule has 0 aliphatic carbocycles. The van der Waals surface area contributed by atoms with Gasteiger partial charge >= 0.3 is 0 Å². The van der Waals surface area contributed by atoms with E-state index in [1.165, 1.54) is 31.5 Å².